The van der Waals surface area contributed by atoms with Crippen LogP contribution in [-0.2, 0) is 6.42 Å². The van der Waals surface area contributed by atoms with Crippen LogP contribution in [0.25, 0.3) is 0 Å². The van der Waals surface area contributed by atoms with Crippen molar-refractivity contribution in [3.63, 3.8) is 0 Å². The number of anilines is 1. The summed E-state index contributed by atoms with van der Waals surface area (Å²) in [4.78, 5) is 18.2. The second kappa shape index (κ2) is 8.26. The molecule has 1 aliphatic heterocycles. The van der Waals surface area contributed by atoms with Crippen LogP contribution in [-0.4, -0.2) is 53.9 Å². The number of hydrogen-bond donors (Lipinski definition) is 2. The van der Waals surface area contributed by atoms with Gasteiger partial charge in [-0.05, 0) is 30.5 Å². The number of likely N-dealkylation sites (tertiary alicyclic amines) is 1. The van der Waals surface area contributed by atoms with Gasteiger partial charge >= 0.3 is 6.03 Å². The monoisotopic (exact) mass is 371 g/mol. The van der Waals surface area contributed by atoms with Gasteiger partial charge in [-0.2, -0.15) is 0 Å². The van der Waals surface area contributed by atoms with Gasteiger partial charge in [0.1, 0.15) is 5.75 Å². The first-order valence-electron chi connectivity index (χ1n) is 8.93. The van der Waals surface area contributed by atoms with Crippen molar-refractivity contribution in [3.05, 3.63) is 48.2 Å². The third kappa shape index (κ3) is 4.68. The number of piperidine rings is 1. The molecule has 2 aromatic rings. The maximum atomic E-state index is 12.5. The first kappa shape index (κ1) is 19.0. The van der Waals surface area contributed by atoms with E-state index in [4.69, 9.17) is 9.47 Å². The lowest BCUT2D eigenvalue weighted by Gasteiger charge is -2.38. The first-order chi connectivity index (χ1) is 13.0. The second-order valence-corrected chi connectivity index (χ2v) is 6.72. The number of nitrogens with one attached hydrogen (secondary N) is 1. The molecule has 7 nitrogen and oxygen atoms in total. The Balaban J connectivity index is 1.58. The Morgan fingerprint density at radius 1 is 1.22 bits per heavy atom. The Bertz CT molecular complexity index is 788. The molecule has 1 saturated heterocycles. The zero-order valence-corrected chi connectivity index (χ0v) is 15.6. The van der Waals surface area contributed by atoms with E-state index in [2.05, 4.69) is 10.3 Å². The molecule has 144 valence electrons. The van der Waals surface area contributed by atoms with Crippen LogP contribution in [0, 0.1) is 0 Å². The molecule has 0 aliphatic carbocycles. The van der Waals surface area contributed by atoms with Crippen molar-refractivity contribution in [2.75, 3.05) is 32.6 Å². The van der Waals surface area contributed by atoms with Gasteiger partial charge in [0.25, 0.3) is 0 Å². The minimum Gasteiger partial charge on any atom is -0.496 e. The number of nitrogens with zero attached hydrogens (tertiary/aromatic N) is 2. The van der Waals surface area contributed by atoms with Gasteiger partial charge in [0, 0.05) is 37.5 Å². The highest BCUT2D eigenvalue weighted by atomic mass is 16.5. The summed E-state index contributed by atoms with van der Waals surface area (Å²) in [7, 11) is 3.16. The Hall–Kier alpha value is -2.80. The lowest BCUT2D eigenvalue weighted by Crippen LogP contribution is -2.49. The number of amides is 2. The molecule has 0 bridgehead atoms. The van der Waals surface area contributed by atoms with Crippen LogP contribution in [0.4, 0.5) is 10.5 Å². The van der Waals surface area contributed by atoms with Crippen molar-refractivity contribution in [2.24, 2.45) is 0 Å². The highest BCUT2D eigenvalue weighted by Gasteiger charge is 2.34. The smallest absolute Gasteiger partial charge is 0.321 e. The average molecular weight is 371 g/mol. The summed E-state index contributed by atoms with van der Waals surface area (Å²) in [6, 6.07) is 10.9. The van der Waals surface area contributed by atoms with E-state index < -0.39 is 5.60 Å². The lowest BCUT2D eigenvalue weighted by molar-refractivity contribution is -0.0108. The van der Waals surface area contributed by atoms with E-state index in [0.29, 0.717) is 43.9 Å². The number of ether oxygens (including phenoxy) is 2. The molecular weight excluding hydrogens is 346 g/mol. The Morgan fingerprint density at radius 3 is 2.67 bits per heavy atom. The van der Waals surface area contributed by atoms with Crippen molar-refractivity contribution in [1.29, 1.82) is 0 Å². The first-order valence-corrected chi connectivity index (χ1v) is 8.93. The van der Waals surface area contributed by atoms with Gasteiger partial charge in [-0.3, -0.25) is 0 Å². The Labute approximate surface area is 158 Å². The summed E-state index contributed by atoms with van der Waals surface area (Å²) in [6.07, 6.45) is 3.11. The molecule has 1 aromatic carbocycles. The van der Waals surface area contributed by atoms with Crippen molar-refractivity contribution in [2.45, 2.75) is 24.9 Å². The van der Waals surface area contributed by atoms with Gasteiger partial charge in [0.15, 0.2) is 0 Å². The molecule has 2 N–H and O–H groups in total. The number of urea groups is 1. The number of carbonyl (C=O) groups excluding carboxylic acids is 1. The maximum absolute atomic E-state index is 12.5. The number of benzene rings is 1. The largest absolute Gasteiger partial charge is 0.496 e. The summed E-state index contributed by atoms with van der Waals surface area (Å²) in [5, 5.41) is 13.8. The number of pyridine rings is 1. The summed E-state index contributed by atoms with van der Waals surface area (Å²) < 4.78 is 10.4. The topological polar surface area (TPSA) is 83.9 Å². The van der Waals surface area contributed by atoms with E-state index >= 15 is 0 Å². The van der Waals surface area contributed by atoms with Crippen LogP contribution in [0.1, 0.15) is 18.4 Å². The predicted octanol–water partition coefficient (Wildman–Crippen LogP) is 2.70. The molecule has 3 rings (SSSR count). The van der Waals surface area contributed by atoms with E-state index in [9.17, 15) is 9.90 Å². The van der Waals surface area contributed by atoms with E-state index in [1.807, 2.05) is 24.3 Å². The number of rotatable bonds is 5. The van der Waals surface area contributed by atoms with Crippen molar-refractivity contribution in [3.8, 4) is 11.6 Å². The van der Waals surface area contributed by atoms with Crippen LogP contribution >= 0.6 is 0 Å². The van der Waals surface area contributed by atoms with Gasteiger partial charge in [-0.25, -0.2) is 9.78 Å². The van der Waals surface area contributed by atoms with Gasteiger partial charge in [-0.1, -0.05) is 18.2 Å². The predicted molar refractivity (Wildman–Crippen MR) is 102 cm³/mol. The fourth-order valence-corrected chi connectivity index (χ4v) is 3.31. The van der Waals surface area contributed by atoms with Crippen LogP contribution in [0.3, 0.4) is 0 Å². The molecule has 2 amide bonds. The van der Waals surface area contributed by atoms with E-state index in [1.54, 1.807) is 30.3 Å². The summed E-state index contributed by atoms with van der Waals surface area (Å²) >= 11 is 0. The molecule has 0 spiro atoms. The third-order valence-electron chi connectivity index (χ3n) is 4.89. The van der Waals surface area contributed by atoms with E-state index in [1.165, 1.54) is 7.11 Å². The molecule has 1 aromatic heterocycles. The Kier molecular flexibility index (Phi) is 5.81. The van der Waals surface area contributed by atoms with Crippen LogP contribution < -0.4 is 14.8 Å². The number of methoxy groups -OCH3 is 2. The van der Waals surface area contributed by atoms with Crippen LogP contribution in [0.5, 0.6) is 11.6 Å². The zero-order chi connectivity index (χ0) is 19.3. The summed E-state index contributed by atoms with van der Waals surface area (Å²) in [5.74, 6) is 1.22. The second-order valence-electron chi connectivity index (χ2n) is 6.72. The van der Waals surface area contributed by atoms with Gasteiger partial charge in [0.05, 0.1) is 19.8 Å². The number of aliphatic hydroxyl groups is 1. The number of aromatic nitrogens is 1. The van der Waals surface area contributed by atoms with Gasteiger partial charge in [-0.15, -0.1) is 0 Å². The van der Waals surface area contributed by atoms with Gasteiger partial charge in [0.2, 0.25) is 5.88 Å². The van der Waals surface area contributed by atoms with Crippen LogP contribution in [0.15, 0.2) is 42.6 Å². The average Bonchev–Trinajstić information content (AvgIpc) is 2.69. The van der Waals surface area contributed by atoms with Gasteiger partial charge < -0.3 is 24.8 Å². The van der Waals surface area contributed by atoms with Crippen molar-refractivity contribution < 1.29 is 19.4 Å². The minimum absolute atomic E-state index is 0.192. The number of carbonyl (C=O) groups is 1. The highest BCUT2D eigenvalue weighted by Crippen LogP contribution is 2.30. The third-order valence-corrected chi connectivity index (χ3v) is 4.89. The fourth-order valence-electron chi connectivity index (χ4n) is 3.31. The fraction of sp³-hybridized carbons (Fsp3) is 0.400. The summed E-state index contributed by atoms with van der Waals surface area (Å²) in [5.41, 5.74) is 0.761. The maximum Gasteiger partial charge on any atom is 0.321 e. The standard InChI is InChI=1S/C20H25N3O4/c1-26-17-6-4-3-5-15(17)14-20(25)8-11-23(12-9-20)19(24)22-16-7-10-21-18(13-16)27-2/h3-7,10,13,25H,8-9,11-12,14H2,1-2H3,(H,21,22,24). The molecule has 7 heteroatoms. The zero-order valence-electron chi connectivity index (χ0n) is 15.6. The molecule has 1 aliphatic rings. The SMILES string of the molecule is COc1cc(NC(=O)N2CCC(O)(Cc3ccccc3OC)CC2)ccn1. The molecule has 27 heavy (non-hydrogen) atoms. The molecule has 0 radical (unpaired) electrons. The van der Waals surface area contributed by atoms with Crippen LogP contribution in [0.2, 0.25) is 0 Å². The molecule has 0 saturated carbocycles. The number of hydrogen-bond acceptors (Lipinski definition) is 5. The van der Waals surface area contributed by atoms with E-state index in [0.717, 1.165) is 11.3 Å². The highest BCUT2D eigenvalue weighted by molar-refractivity contribution is 5.89. The molecule has 2 heterocycles. The molecule has 0 atom stereocenters. The number of para-hydroxylation sites is 1. The molecule has 1 fully saturated rings. The quantitative estimate of drug-likeness (QED) is 0.844. The summed E-state index contributed by atoms with van der Waals surface area (Å²) in [6.45, 7) is 0.972. The van der Waals surface area contributed by atoms with E-state index in [-0.39, 0.29) is 6.03 Å². The normalized spacial score (nSPS) is 15.9. The minimum atomic E-state index is -0.842. The lowest BCUT2D eigenvalue weighted by atomic mass is 9.85. The Morgan fingerprint density at radius 2 is 1.96 bits per heavy atom. The van der Waals surface area contributed by atoms with Crippen molar-refractivity contribution in [1.82, 2.24) is 9.88 Å². The molecular formula is C20H25N3O4. The van der Waals surface area contributed by atoms with Crippen molar-refractivity contribution >= 4 is 11.7 Å². The molecule has 0 unspecified atom stereocenters.